The number of hydrogen-bond donors (Lipinski definition) is 1. The van der Waals surface area contributed by atoms with Crippen LogP contribution in [0.2, 0.25) is 10.0 Å². The fraction of sp³-hybridized carbons (Fsp3) is 0.257. The summed E-state index contributed by atoms with van der Waals surface area (Å²) in [6.45, 7) is 3.56. The molecular weight excluding hydrogens is 645 g/mol. The summed E-state index contributed by atoms with van der Waals surface area (Å²) in [5, 5.41) is 3.51. The molecule has 2 amide bonds. The molecule has 1 atom stereocenters. The van der Waals surface area contributed by atoms with E-state index in [1.165, 1.54) is 42.3 Å². The zero-order valence-electron chi connectivity index (χ0n) is 26.0. The highest BCUT2D eigenvalue weighted by Crippen LogP contribution is 2.32. The number of aryl methyl sites for hydroxylation is 1. The third kappa shape index (κ3) is 8.60. The number of halogens is 2. The van der Waals surface area contributed by atoms with Crippen molar-refractivity contribution in [2.45, 2.75) is 44.2 Å². The predicted octanol–water partition coefficient (Wildman–Crippen LogP) is 6.67. The van der Waals surface area contributed by atoms with Gasteiger partial charge >= 0.3 is 0 Å². The Labute approximate surface area is 280 Å². The van der Waals surface area contributed by atoms with Crippen molar-refractivity contribution in [2.24, 2.45) is 0 Å². The first-order chi connectivity index (χ1) is 22.0. The van der Waals surface area contributed by atoms with Crippen molar-refractivity contribution in [1.82, 2.24) is 10.2 Å². The zero-order chi connectivity index (χ0) is 33.3. The lowest BCUT2D eigenvalue weighted by Crippen LogP contribution is -2.53. The molecule has 0 bridgehead atoms. The second-order valence-electron chi connectivity index (χ2n) is 10.8. The molecule has 4 aromatic rings. The van der Waals surface area contributed by atoms with Crippen molar-refractivity contribution in [3.8, 4) is 5.75 Å². The summed E-state index contributed by atoms with van der Waals surface area (Å²) < 4.78 is 34.7. The van der Waals surface area contributed by atoms with Crippen LogP contribution >= 0.6 is 23.2 Å². The molecule has 0 fully saturated rings. The Morgan fingerprint density at radius 2 is 1.57 bits per heavy atom. The van der Waals surface area contributed by atoms with Gasteiger partial charge in [-0.25, -0.2) is 8.42 Å². The number of benzene rings is 4. The van der Waals surface area contributed by atoms with E-state index in [4.69, 9.17) is 27.9 Å². The summed E-state index contributed by atoms with van der Waals surface area (Å²) in [7, 11) is -2.82. The largest absolute Gasteiger partial charge is 0.495 e. The molecule has 4 aromatic carbocycles. The third-order valence-electron chi connectivity index (χ3n) is 7.43. The highest BCUT2D eigenvalue weighted by Gasteiger charge is 2.35. The molecule has 11 heteroatoms. The van der Waals surface area contributed by atoms with Gasteiger partial charge in [-0.1, -0.05) is 96.4 Å². The van der Waals surface area contributed by atoms with Crippen LogP contribution in [0, 0.1) is 6.92 Å². The molecule has 0 saturated heterocycles. The summed E-state index contributed by atoms with van der Waals surface area (Å²) in [4.78, 5) is 29.7. The van der Waals surface area contributed by atoms with Crippen LogP contribution < -0.4 is 14.4 Å². The number of amides is 2. The van der Waals surface area contributed by atoms with Crippen molar-refractivity contribution in [3.63, 3.8) is 0 Å². The maximum Gasteiger partial charge on any atom is 0.264 e. The van der Waals surface area contributed by atoms with Crippen LogP contribution in [0.5, 0.6) is 5.75 Å². The maximum atomic E-state index is 14.5. The minimum Gasteiger partial charge on any atom is -0.495 e. The lowest BCUT2D eigenvalue weighted by Gasteiger charge is -2.34. The molecule has 0 aliphatic carbocycles. The summed E-state index contributed by atoms with van der Waals surface area (Å²) >= 11 is 13.0. The molecule has 0 spiro atoms. The molecule has 0 saturated carbocycles. The molecule has 0 aliphatic rings. The summed E-state index contributed by atoms with van der Waals surface area (Å²) in [5.74, 6) is -0.609. The van der Waals surface area contributed by atoms with E-state index in [1.54, 1.807) is 36.4 Å². The Hall–Kier alpha value is -4.05. The number of sulfonamides is 1. The molecular formula is C35H37Cl2N3O5S. The fourth-order valence-electron chi connectivity index (χ4n) is 4.91. The highest BCUT2D eigenvalue weighted by molar-refractivity contribution is 7.92. The van der Waals surface area contributed by atoms with Crippen LogP contribution in [-0.4, -0.2) is 51.4 Å². The minimum absolute atomic E-state index is 0.00276. The van der Waals surface area contributed by atoms with Crippen LogP contribution in [0.4, 0.5) is 5.69 Å². The molecule has 242 valence electrons. The summed E-state index contributed by atoms with van der Waals surface area (Å²) in [5.41, 5.74) is 2.48. The van der Waals surface area contributed by atoms with E-state index in [1.807, 2.05) is 44.2 Å². The third-order valence-corrected chi connectivity index (χ3v) is 9.88. The molecule has 0 radical (unpaired) electrons. The van der Waals surface area contributed by atoms with E-state index in [0.717, 1.165) is 15.4 Å². The number of hydrogen-bond acceptors (Lipinski definition) is 5. The Kier molecular flexibility index (Phi) is 12.1. The zero-order valence-corrected chi connectivity index (χ0v) is 28.3. The van der Waals surface area contributed by atoms with Gasteiger partial charge in [0.2, 0.25) is 11.8 Å². The van der Waals surface area contributed by atoms with Gasteiger partial charge in [0.25, 0.3) is 10.0 Å². The van der Waals surface area contributed by atoms with E-state index >= 15 is 0 Å². The average Bonchev–Trinajstić information content (AvgIpc) is 3.05. The first-order valence-corrected chi connectivity index (χ1v) is 17.0. The SMILES string of the molecule is CCCNC(=O)[C@H](Cc1ccccc1)N(Cc1ccccc1Cl)C(=O)CN(c1ccc(OC)c(Cl)c1)S(=O)(=O)c1ccc(C)cc1. The van der Waals surface area contributed by atoms with Crippen LogP contribution in [-0.2, 0) is 32.6 Å². The summed E-state index contributed by atoms with van der Waals surface area (Å²) in [6.07, 6.45) is 0.898. The number of anilines is 1. The monoisotopic (exact) mass is 681 g/mol. The van der Waals surface area contributed by atoms with Crippen molar-refractivity contribution in [2.75, 3.05) is 24.5 Å². The first kappa shape index (κ1) is 34.8. The lowest BCUT2D eigenvalue weighted by molar-refractivity contribution is -0.140. The Morgan fingerprint density at radius 1 is 0.891 bits per heavy atom. The number of nitrogens with one attached hydrogen (secondary N) is 1. The van der Waals surface area contributed by atoms with Gasteiger partial charge in [0.05, 0.1) is 22.7 Å². The number of carbonyl (C=O) groups is 2. The lowest BCUT2D eigenvalue weighted by atomic mass is 10.0. The van der Waals surface area contributed by atoms with Gasteiger partial charge in [0.15, 0.2) is 0 Å². The standard InChI is InChI=1S/C35H37Cl2N3O5S/c1-4-20-38-35(42)32(21-26-10-6-5-7-11-26)39(23-27-12-8-9-13-30(27)36)34(41)24-40(28-16-19-33(45-3)31(37)22-28)46(43,44)29-17-14-25(2)15-18-29/h5-19,22,32H,4,20-21,23-24H2,1-3H3,(H,38,42)/t32-/m0/s1. The van der Waals surface area contributed by atoms with E-state index in [0.29, 0.717) is 29.3 Å². The Morgan fingerprint density at radius 3 is 2.20 bits per heavy atom. The average molecular weight is 683 g/mol. The quantitative estimate of drug-likeness (QED) is 0.160. The number of rotatable bonds is 14. The molecule has 0 unspecified atom stereocenters. The van der Waals surface area contributed by atoms with Gasteiger partial charge in [-0.05, 0) is 60.9 Å². The maximum absolute atomic E-state index is 14.5. The van der Waals surface area contributed by atoms with Gasteiger partial charge in [-0.3, -0.25) is 13.9 Å². The van der Waals surface area contributed by atoms with E-state index in [9.17, 15) is 18.0 Å². The molecule has 0 heterocycles. The van der Waals surface area contributed by atoms with Crippen LogP contribution in [0.25, 0.3) is 0 Å². The number of methoxy groups -OCH3 is 1. The molecule has 46 heavy (non-hydrogen) atoms. The van der Waals surface area contributed by atoms with Gasteiger partial charge < -0.3 is 15.0 Å². The second kappa shape index (κ2) is 16.0. The van der Waals surface area contributed by atoms with Crippen molar-refractivity contribution in [3.05, 3.63) is 124 Å². The van der Waals surface area contributed by atoms with E-state index in [2.05, 4.69) is 5.32 Å². The van der Waals surface area contributed by atoms with Gasteiger partial charge in [0, 0.05) is 24.5 Å². The van der Waals surface area contributed by atoms with Gasteiger partial charge in [0.1, 0.15) is 18.3 Å². The van der Waals surface area contributed by atoms with Gasteiger partial charge in [-0.2, -0.15) is 0 Å². The number of nitrogens with zero attached hydrogens (tertiary/aromatic N) is 2. The first-order valence-electron chi connectivity index (χ1n) is 14.8. The smallest absolute Gasteiger partial charge is 0.264 e. The van der Waals surface area contributed by atoms with Crippen molar-refractivity contribution < 1.29 is 22.7 Å². The van der Waals surface area contributed by atoms with Gasteiger partial charge in [-0.15, -0.1) is 0 Å². The van der Waals surface area contributed by atoms with Crippen LogP contribution in [0.15, 0.2) is 102 Å². The Bertz CT molecular complexity index is 1750. The second-order valence-corrected chi connectivity index (χ2v) is 13.4. The molecule has 0 aliphatic heterocycles. The number of ether oxygens (including phenoxy) is 1. The normalized spacial score (nSPS) is 11.8. The van der Waals surface area contributed by atoms with Crippen LogP contribution in [0.3, 0.4) is 0 Å². The molecule has 8 nitrogen and oxygen atoms in total. The van der Waals surface area contributed by atoms with Crippen LogP contribution in [0.1, 0.15) is 30.0 Å². The molecule has 0 aromatic heterocycles. The van der Waals surface area contributed by atoms with Crippen molar-refractivity contribution in [1.29, 1.82) is 0 Å². The number of carbonyl (C=O) groups excluding carboxylic acids is 2. The molecule has 4 rings (SSSR count). The minimum atomic E-state index is -4.28. The van der Waals surface area contributed by atoms with E-state index in [-0.39, 0.29) is 34.5 Å². The predicted molar refractivity (Wildman–Crippen MR) is 183 cm³/mol. The van der Waals surface area contributed by atoms with E-state index < -0.39 is 28.5 Å². The fourth-order valence-corrected chi connectivity index (χ4v) is 6.76. The Balaban J connectivity index is 1.83. The molecule has 1 N–H and O–H groups in total. The summed E-state index contributed by atoms with van der Waals surface area (Å²) in [6, 6.07) is 26.3. The van der Waals surface area contributed by atoms with Crippen molar-refractivity contribution >= 4 is 50.7 Å². The highest BCUT2D eigenvalue weighted by atomic mass is 35.5. The topological polar surface area (TPSA) is 96.0 Å².